The molecule has 0 aromatic heterocycles. The fourth-order valence-corrected chi connectivity index (χ4v) is 3.84. The number of carbonyl (C=O) groups is 1. The quantitative estimate of drug-likeness (QED) is 0.594. The van der Waals surface area contributed by atoms with Gasteiger partial charge in [0, 0.05) is 57.4 Å². The highest BCUT2D eigenvalue weighted by molar-refractivity contribution is 5.78. The van der Waals surface area contributed by atoms with E-state index in [1.165, 1.54) is 6.42 Å². The van der Waals surface area contributed by atoms with Crippen molar-refractivity contribution in [3.8, 4) is 0 Å². The number of hydrogen-bond donors (Lipinski definition) is 0. The summed E-state index contributed by atoms with van der Waals surface area (Å²) < 4.78 is 0. The fraction of sp³-hybridized carbons (Fsp3) is 0.632. The van der Waals surface area contributed by atoms with Gasteiger partial charge in [0.25, 0.3) is 5.69 Å². The minimum Gasteiger partial charge on any atom is -0.339 e. The van der Waals surface area contributed by atoms with Crippen LogP contribution in [-0.2, 0) is 11.3 Å². The number of carbonyl (C=O) groups excluding carboxylic acids is 1. The van der Waals surface area contributed by atoms with Crippen molar-refractivity contribution in [2.45, 2.75) is 38.8 Å². The van der Waals surface area contributed by atoms with Crippen LogP contribution in [0.2, 0.25) is 0 Å². The van der Waals surface area contributed by atoms with Gasteiger partial charge in [0.2, 0.25) is 5.91 Å². The van der Waals surface area contributed by atoms with Gasteiger partial charge in [0.15, 0.2) is 0 Å². The van der Waals surface area contributed by atoms with E-state index < -0.39 is 0 Å². The zero-order chi connectivity index (χ0) is 18.5. The molecule has 1 atom stereocenters. The van der Waals surface area contributed by atoms with Gasteiger partial charge in [-0.15, -0.1) is 0 Å². The molecule has 0 radical (unpaired) electrons. The maximum atomic E-state index is 12.6. The second-order valence-corrected chi connectivity index (χ2v) is 7.41. The highest BCUT2D eigenvalue weighted by atomic mass is 16.6. The van der Waals surface area contributed by atoms with E-state index in [9.17, 15) is 14.9 Å². The Hall–Kier alpha value is -1.99. The predicted molar refractivity (Wildman–Crippen MR) is 99.8 cm³/mol. The molecule has 0 N–H and O–H groups in total. The number of piperidine rings is 1. The van der Waals surface area contributed by atoms with Crippen molar-refractivity contribution < 1.29 is 9.72 Å². The maximum Gasteiger partial charge on any atom is 0.269 e. The second kappa shape index (κ2) is 8.60. The molecule has 0 unspecified atom stereocenters. The van der Waals surface area contributed by atoms with E-state index in [0.717, 1.165) is 57.7 Å². The third-order valence-corrected chi connectivity index (χ3v) is 5.50. The molecule has 1 aromatic carbocycles. The zero-order valence-corrected chi connectivity index (χ0v) is 15.5. The lowest BCUT2D eigenvalue weighted by molar-refractivity contribution is -0.384. The van der Waals surface area contributed by atoms with Gasteiger partial charge in [-0.05, 0) is 31.7 Å². The summed E-state index contributed by atoms with van der Waals surface area (Å²) in [6, 6.07) is 7.14. The monoisotopic (exact) mass is 360 g/mol. The second-order valence-electron chi connectivity index (χ2n) is 7.41. The minimum atomic E-state index is -0.372. The molecule has 2 fully saturated rings. The molecular formula is C19H28N4O3. The smallest absolute Gasteiger partial charge is 0.269 e. The molecule has 2 aliphatic rings. The van der Waals surface area contributed by atoms with E-state index in [0.29, 0.717) is 12.6 Å². The lowest BCUT2D eigenvalue weighted by atomic mass is 10.0. The van der Waals surface area contributed by atoms with Crippen LogP contribution in [0.4, 0.5) is 5.69 Å². The van der Waals surface area contributed by atoms with Crippen LogP contribution in [0.3, 0.4) is 0 Å². The Labute approximate surface area is 154 Å². The average Bonchev–Trinajstić information content (AvgIpc) is 2.64. The molecule has 26 heavy (non-hydrogen) atoms. The number of benzene rings is 1. The van der Waals surface area contributed by atoms with E-state index in [-0.39, 0.29) is 16.5 Å². The first-order chi connectivity index (χ1) is 12.5. The third-order valence-electron chi connectivity index (χ3n) is 5.50. The fourth-order valence-electron chi connectivity index (χ4n) is 3.84. The highest BCUT2D eigenvalue weighted by Crippen LogP contribution is 2.17. The number of nitro benzene ring substituents is 1. The van der Waals surface area contributed by atoms with Crippen LogP contribution < -0.4 is 0 Å². The summed E-state index contributed by atoms with van der Waals surface area (Å²) in [6.07, 6.45) is 3.47. The first-order valence-corrected chi connectivity index (χ1v) is 9.50. The number of rotatable bonds is 5. The van der Waals surface area contributed by atoms with Gasteiger partial charge in [-0.2, -0.15) is 0 Å². The van der Waals surface area contributed by atoms with Crippen LogP contribution in [0, 0.1) is 10.1 Å². The molecule has 2 saturated heterocycles. The number of piperazine rings is 1. The highest BCUT2D eigenvalue weighted by Gasteiger charge is 2.26. The Morgan fingerprint density at radius 1 is 1.08 bits per heavy atom. The van der Waals surface area contributed by atoms with Crippen LogP contribution >= 0.6 is 0 Å². The van der Waals surface area contributed by atoms with Crippen molar-refractivity contribution in [3.05, 3.63) is 39.9 Å². The number of non-ortho nitro benzene ring substituents is 1. The summed E-state index contributed by atoms with van der Waals surface area (Å²) in [5.74, 6) is 0.265. The molecular weight excluding hydrogens is 332 g/mol. The van der Waals surface area contributed by atoms with Gasteiger partial charge in [0.05, 0.1) is 11.5 Å². The van der Waals surface area contributed by atoms with Gasteiger partial charge in [-0.1, -0.05) is 12.1 Å². The summed E-state index contributed by atoms with van der Waals surface area (Å²) >= 11 is 0. The SMILES string of the molecule is C[C@@H]1CCCCN1C(=O)CN1CCN(Cc2ccc([N+](=O)[O-])cc2)CC1. The Balaban J connectivity index is 1.43. The Morgan fingerprint density at radius 2 is 1.73 bits per heavy atom. The number of nitrogens with zero attached hydrogens (tertiary/aromatic N) is 4. The first kappa shape index (κ1) is 18.8. The first-order valence-electron chi connectivity index (χ1n) is 9.50. The number of likely N-dealkylation sites (tertiary alicyclic amines) is 1. The van der Waals surface area contributed by atoms with Crippen molar-refractivity contribution in [1.29, 1.82) is 0 Å². The molecule has 0 aliphatic carbocycles. The summed E-state index contributed by atoms with van der Waals surface area (Å²) in [5.41, 5.74) is 1.21. The van der Waals surface area contributed by atoms with Crippen molar-refractivity contribution in [1.82, 2.24) is 14.7 Å². The third kappa shape index (κ3) is 4.80. The molecule has 0 spiro atoms. The zero-order valence-electron chi connectivity index (χ0n) is 15.5. The van der Waals surface area contributed by atoms with E-state index in [1.54, 1.807) is 12.1 Å². The molecule has 0 bridgehead atoms. The molecule has 142 valence electrons. The predicted octanol–water partition coefficient (Wildman–Crippen LogP) is 2.11. The summed E-state index contributed by atoms with van der Waals surface area (Å²) in [6.45, 7) is 7.99. The molecule has 7 nitrogen and oxygen atoms in total. The van der Waals surface area contributed by atoms with E-state index in [4.69, 9.17) is 0 Å². The maximum absolute atomic E-state index is 12.6. The van der Waals surface area contributed by atoms with Crippen LogP contribution in [0.1, 0.15) is 31.7 Å². The summed E-state index contributed by atoms with van der Waals surface area (Å²) in [4.78, 5) is 29.5. The van der Waals surface area contributed by atoms with Gasteiger partial charge < -0.3 is 4.90 Å². The molecule has 1 amide bonds. The average molecular weight is 360 g/mol. The van der Waals surface area contributed by atoms with E-state index in [2.05, 4.69) is 16.7 Å². The van der Waals surface area contributed by atoms with Crippen LogP contribution in [0.25, 0.3) is 0 Å². The lowest BCUT2D eigenvalue weighted by Gasteiger charge is -2.38. The lowest BCUT2D eigenvalue weighted by Crippen LogP contribution is -2.51. The van der Waals surface area contributed by atoms with Crippen molar-refractivity contribution in [3.63, 3.8) is 0 Å². The Morgan fingerprint density at radius 3 is 2.35 bits per heavy atom. The largest absolute Gasteiger partial charge is 0.339 e. The van der Waals surface area contributed by atoms with Crippen molar-refractivity contribution in [2.75, 3.05) is 39.3 Å². The molecule has 3 rings (SSSR count). The van der Waals surface area contributed by atoms with Crippen molar-refractivity contribution >= 4 is 11.6 Å². The molecule has 7 heteroatoms. The van der Waals surface area contributed by atoms with E-state index in [1.807, 2.05) is 17.0 Å². The number of amides is 1. The minimum absolute atomic E-state index is 0.129. The standard InChI is InChI=1S/C19H28N4O3/c1-16-4-2-3-9-22(16)19(24)15-21-12-10-20(11-13-21)14-17-5-7-18(8-6-17)23(25)26/h5-8,16H,2-4,9-15H2,1H3/t16-/m1/s1. The normalized spacial score (nSPS) is 22.3. The molecule has 0 saturated carbocycles. The Kier molecular flexibility index (Phi) is 6.21. The van der Waals surface area contributed by atoms with Gasteiger partial charge >= 0.3 is 0 Å². The van der Waals surface area contributed by atoms with Gasteiger partial charge in [-0.3, -0.25) is 24.7 Å². The van der Waals surface area contributed by atoms with Gasteiger partial charge in [-0.25, -0.2) is 0 Å². The molecule has 2 aliphatic heterocycles. The van der Waals surface area contributed by atoms with Crippen LogP contribution in [-0.4, -0.2) is 70.8 Å². The summed E-state index contributed by atoms with van der Waals surface area (Å²) in [7, 11) is 0. The Bertz CT molecular complexity index is 626. The number of nitro groups is 1. The number of hydrogen-bond acceptors (Lipinski definition) is 5. The van der Waals surface area contributed by atoms with Crippen molar-refractivity contribution in [2.24, 2.45) is 0 Å². The van der Waals surface area contributed by atoms with Gasteiger partial charge in [0.1, 0.15) is 0 Å². The van der Waals surface area contributed by atoms with Crippen LogP contribution in [0.15, 0.2) is 24.3 Å². The molecule has 2 heterocycles. The topological polar surface area (TPSA) is 69.9 Å². The molecule has 1 aromatic rings. The van der Waals surface area contributed by atoms with E-state index >= 15 is 0 Å². The summed E-state index contributed by atoms with van der Waals surface area (Å²) in [5, 5.41) is 10.7. The van der Waals surface area contributed by atoms with Crippen LogP contribution in [0.5, 0.6) is 0 Å².